The Kier molecular flexibility index (Phi) is 8.64. The first-order chi connectivity index (χ1) is 8.19. The Morgan fingerprint density at radius 3 is 2.24 bits per heavy atom. The van der Waals surface area contributed by atoms with Crippen molar-refractivity contribution in [3.8, 4) is 6.07 Å². The number of carbonyl (C=O) groups is 1. The van der Waals surface area contributed by atoms with Crippen LogP contribution in [0.1, 0.15) is 13.8 Å². The number of nitrogens with zero attached hydrogens (tertiary/aromatic N) is 2. The summed E-state index contributed by atoms with van der Waals surface area (Å²) in [6, 6.07) is 1.41. The maximum absolute atomic E-state index is 11.3. The molecule has 0 heterocycles. The topological polar surface area (TPSA) is 101 Å². The molecule has 0 aliphatic heterocycles. The molecule has 17 heavy (non-hydrogen) atoms. The quantitative estimate of drug-likeness (QED) is 0.285. The second-order valence-corrected chi connectivity index (χ2v) is 2.91. The van der Waals surface area contributed by atoms with Gasteiger partial charge in [-0.25, -0.2) is 4.79 Å². The van der Waals surface area contributed by atoms with E-state index in [2.05, 4.69) is 5.16 Å². The smallest absolute Gasteiger partial charge is 0.371 e. The number of hydrogen-bond donors (Lipinski definition) is 1. The van der Waals surface area contributed by atoms with Crippen molar-refractivity contribution < 1.29 is 24.2 Å². The Labute approximate surface area is 99.6 Å². The summed E-state index contributed by atoms with van der Waals surface area (Å²) in [6.07, 6.45) is -0.632. The molecule has 0 aromatic heterocycles. The maximum atomic E-state index is 11.3. The van der Waals surface area contributed by atoms with Crippen LogP contribution in [0.3, 0.4) is 0 Å². The highest BCUT2D eigenvalue weighted by atomic mass is 16.6. The molecule has 0 unspecified atom stereocenters. The van der Waals surface area contributed by atoms with Crippen LogP contribution in [0.4, 0.5) is 0 Å². The largest absolute Gasteiger partial charge is 0.452 e. The summed E-state index contributed by atoms with van der Waals surface area (Å²) in [7, 11) is 0. The van der Waals surface area contributed by atoms with Gasteiger partial charge in [-0.05, 0) is 13.8 Å². The molecule has 0 saturated carbocycles. The molecule has 0 radical (unpaired) electrons. The van der Waals surface area contributed by atoms with Gasteiger partial charge in [0.15, 0.2) is 0 Å². The van der Waals surface area contributed by atoms with Crippen LogP contribution in [-0.4, -0.2) is 49.4 Å². The molecule has 1 N–H and O–H groups in total. The number of hydrogen-bond acceptors (Lipinski definition) is 7. The van der Waals surface area contributed by atoms with Gasteiger partial charge in [-0.15, -0.1) is 0 Å². The third kappa shape index (κ3) is 6.50. The Balaban J connectivity index is 4.31. The van der Waals surface area contributed by atoms with E-state index in [0.29, 0.717) is 13.2 Å². The molecule has 0 amide bonds. The third-order valence-electron chi connectivity index (χ3n) is 1.69. The van der Waals surface area contributed by atoms with Gasteiger partial charge in [-0.3, -0.25) is 0 Å². The molecule has 0 aromatic rings. The molecule has 0 saturated heterocycles. The van der Waals surface area contributed by atoms with E-state index in [-0.39, 0.29) is 13.2 Å². The summed E-state index contributed by atoms with van der Waals surface area (Å²) in [4.78, 5) is 11.3. The van der Waals surface area contributed by atoms with Gasteiger partial charge in [0.1, 0.15) is 12.2 Å². The number of ether oxygens (including phenoxy) is 3. The highest BCUT2D eigenvalue weighted by Crippen LogP contribution is 1.98. The molecule has 0 aliphatic carbocycles. The van der Waals surface area contributed by atoms with Crippen LogP contribution in [0.15, 0.2) is 5.16 Å². The van der Waals surface area contributed by atoms with E-state index in [9.17, 15) is 4.79 Å². The van der Waals surface area contributed by atoms with Gasteiger partial charge < -0.3 is 19.4 Å². The molecule has 0 atom stereocenters. The standard InChI is InChI=1S/C10H16N2O5/c1-3-15-6-8(7-16-4-2)17-10(13)9(5-11)12-14/h8,14H,3-4,6-7H2,1-2H3. The van der Waals surface area contributed by atoms with E-state index in [1.54, 1.807) is 13.8 Å². The summed E-state index contributed by atoms with van der Waals surface area (Å²) in [5.74, 6) is -1.00. The molecule has 0 aromatic carbocycles. The number of nitriles is 1. The van der Waals surface area contributed by atoms with Crippen molar-refractivity contribution in [2.24, 2.45) is 5.16 Å². The van der Waals surface area contributed by atoms with E-state index in [1.807, 2.05) is 0 Å². The van der Waals surface area contributed by atoms with Crippen LogP contribution in [0.5, 0.6) is 0 Å². The lowest BCUT2D eigenvalue weighted by atomic mass is 10.3. The van der Waals surface area contributed by atoms with E-state index < -0.39 is 17.8 Å². The van der Waals surface area contributed by atoms with E-state index in [4.69, 9.17) is 24.7 Å². The van der Waals surface area contributed by atoms with Crippen LogP contribution < -0.4 is 0 Å². The second kappa shape index (κ2) is 9.57. The predicted molar refractivity (Wildman–Crippen MR) is 57.7 cm³/mol. The zero-order valence-corrected chi connectivity index (χ0v) is 9.88. The molecule has 7 heteroatoms. The van der Waals surface area contributed by atoms with Gasteiger partial charge >= 0.3 is 5.97 Å². The minimum absolute atomic E-state index is 0.159. The summed E-state index contributed by atoms with van der Waals surface area (Å²) in [5.41, 5.74) is -0.706. The first-order valence-electron chi connectivity index (χ1n) is 5.18. The first-order valence-corrected chi connectivity index (χ1v) is 5.18. The van der Waals surface area contributed by atoms with Crippen LogP contribution in [0.2, 0.25) is 0 Å². The summed E-state index contributed by atoms with van der Waals surface area (Å²) in [6.45, 7) is 4.86. The van der Waals surface area contributed by atoms with Crippen molar-refractivity contribution in [3.05, 3.63) is 0 Å². The van der Waals surface area contributed by atoms with Gasteiger partial charge in [0.25, 0.3) is 5.71 Å². The van der Waals surface area contributed by atoms with Crippen molar-refractivity contribution in [1.82, 2.24) is 0 Å². The van der Waals surface area contributed by atoms with Crippen LogP contribution in [-0.2, 0) is 19.0 Å². The molecule has 0 spiro atoms. The monoisotopic (exact) mass is 244 g/mol. The third-order valence-corrected chi connectivity index (χ3v) is 1.69. The molecule has 96 valence electrons. The lowest BCUT2D eigenvalue weighted by Gasteiger charge is -2.16. The Hall–Kier alpha value is -1.65. The molecular formula is C10H16N2O5. The van der Waals surface area contributed by atoms with Crippen molar-refractivity contribution in [2.45, 2.75) is 20.0 Å². The van der Waals surface area contributed by atoms with Crippen LogP contribution in [0.25, 0.3) is 0 Å². The van der Waals surface area contributed by atoms with E-state index in [0.717, 1.165) is 0 Å². The van der Waals surface area contributed by atoms with Crippen molar-refractivity contribution in [3.63, 3.8) is 0 Å². The lowest BCUT2D eigenvalue weighted by molar-refractivity contribution is -0.147. The average molecular weight is 244 g/mol. The minimum atomic E-state index is -1.00. The molecule has 0 rings (SSSR count). The number of carbonyl (C=O) groups excluding carboxylic acids is 1. The number of oxime groups is 1. The Morgan fingerprint density at radius 1 is 1.35 bits per heavy atom. The molecule has 0 aliphatic rings. The predicted octanol–water partition coefficient (Wildman–Crippen LogP) is 0.325. The number of rotatable bonds is 8. The molecule has 7 nitrogen and oxygen atoms in total. The van der Waals surface area contributed by atoms with Gasteiger partial charge in [0.2, 0.25) is 0 Å². The normalized spacial score (nSPS) is 11.3. The zero-order chi connectivity index (χ0) is 13.1. The van der Waals surface area contributed by atoms with Crippen molar-refractivity contribution in [2.75, 3.05) is 26.4 Å². The summed E-state index contributed by atoms with van der Waals surface area (Å²) < 4.78 is 15.1. The zero-order valence-electron chi connectivity index (χ0n) is 9.88. The average Bonchev–Trinajstić information content (AvgIpc) is 2.34. The van der Waals surface area contributed by atoms with E-state index in [1.165, 1.54) is 6.07 Å². The van der Waals surface area contributed by atoms with Crippen molar-refractivity contribution in [1.29, 1.82) is 5.26 Å². The van der Waals surface area contributed by atoms with Crippen LogP contribution >= 0.6 is 0 Å². The fraction of sp³-hybridized carbons (Fsp3) is 0.700. The first kappa shape index (κ1) is 15.3. The summed E-state index contributed by atoms with van der Waals surface area (Å²) in [5, 5.41) is 19.3. The van der Waals surface area contributed by atoms with Gasteiger partial charge in [-0.2, -0.15) is 5.26 Å². The van der Waals surface area contributed by atoms with Crippen molar-refractivity contribution >= 4 is 11.7 Å². The minimum Gasteiger partial charge on any atom is -0.452 e. The molecular weight excluding hydrogens is 228 g/mol. The SMILES string of the molecule is CCOCC(COCC)OC(=O)C(C#N)=NO. The summed E-state index contributed by atoms with van der Waals surface area (Å²) >= 11 is 0. The molecule has 0 bridgehead atoms. The Morgan fingerprint density at radius 2 is 1.88 bits per heavy atom. The van der Waals surface area contributed by atoms with Gasteiger partial charge in [-0.1, -0.05) is 5.16 Å². The second-order valence-electron chi connectivity index (χ2n) is 2.91. The van der Waals surface area contributed by atoms with Gasteiger partial charge in [0, 0.05) is 13.2 Å². The van der Waals surface area contributed by atoms with Gasteiger partial charge in [0.05, 0.1) is 13.2 Å². The fourth-order valence-corrected chi connectivity index (χ4v) is 0.931. The fourth-order valence-electron chi connectivity index (χ4n) is 0.931. The highest BCUT2D eigenvalue weighted by molar-refractivity contribution is 6.42. The highest BCUT2D eigenvalue weighted by Gasteiger charge is 2.20. The van der Waals surface area contributed by atoms with Crippen LogP contribution in [0, 0.1) is 11.3 Å². The lowest BCUT2D eigenvalue weighted by Crippen LogP contribution is -2.31. The molecule has 0 fully saturated rings. The number of esters is 1. The Bertz CT molecular complexity index is 290. The maximum Gasteiger partial charge on any atom is 0.371 e. The van der Waals surface area contributed by atoms with E-state index >= 15 is 0 Å².